The van der Waals surface area contributed by atoms with Gasteiger partial charge in [0.15, 0.2) is 0 Å². The van der Waals surface area contributed by atoms with Crippen LogP contribution in [0.4, 0.5) is 4.39 Å². The van der Waals surface area contributed by atoms with Crippen molar-refractivity contribution in [3.05, 3.63) is 18.3 Å². The van der Waals surface area contributed by atoms with E-state index in [1.54, 1.807) is 0 Å². The van der Waals surface area contributed by atoms with Crippen LogP contribution in [0.3, 0.4) is 0 Å². The van der Waals surface area contributed by atoms with Crippen molar-refractivity contribution >= 4 is 12.7 Å². The zero-order chi connectivity index (χ0) is 13.7. The Morgan fingerprint density at radius 3 is 2.38 bits per heavy atom. The SMILES string of the molecule is [2H]c1nc([2H])c(B2OC(C)(C)C(C)(C)O2)nc1F. The van der Waals surface area contributed by atoms with Crippen molar-refractivity contribution in [3.8, 4) is 0 Å². The molecule has 0 aromatic carbocycles. The maximum atomic E-state index is 13.2. The van der Waals surface area contributed by atoms with Crippen molar-refractivity contribution in [1.29, 1.82) is 0 Å². The van der Waals surface area contributed by atoms with Gasteiger partial charge in [0.2, 0.25) is 5.95 Å². The van der Waals surface area contributed by atoms with Crippen LogP contribution in [0, 0.1) is 5.95 Å². The summed E-state index contributed by atoms with van der Waals surface area (Å²) in [6.07, 6.45) is -0.958. The van der Waals surface area contributed by atoms with E-state index in [1.165, 1.54) is 0 Å². The van der Waals surface area contributed by atoms with Gasteiger partial charge >= 0.3 is 7.12 Å². The van der Waals surface area contributed by atoms with E-state index in [4.69, 9.17) is 12.1 Å². The summed E-state index contributed by atoms with van der Waals surface area (Å²) in [6.45, 7) is 7.39. The molecule has 86 valence electrons. The van der Waals surface area contributed by atoms with E-state index in [9.17, 15) is 4.39 Å². The van der Waals surface area contributed by atoms with Crippen LogP contribution in [-0.4, -0.2) is 28.3 Å². The van der Waals surface area contributed by atoms with E-state index in [-0.39, 0.29) is 11.8 Å². The van der Waals surface area contributed by atoms with Crippen LogP contribution >= 0.6 is 0 Å². The van der Waals surface area contributed by atoms with Gasteiger partial charge in [-0.3, -0.25) is 4.98 Å². The molecular weight excluding hydrogens is 210 g/mol. The molecule has 0 N–H and O–H groups in total. The fraction of sp³-hybridized carbons (Fsp3) is 0.600. The Kier molecular flexibility index (Phi) is 1.98. The summed E-state index contributed by atoms with van der Waals surface area (Å²) >= 11 is 0. The molecular formula is C10H14BFN2O2. The second-order valence-electron chi connectivity index (χ2n) is 4.71. The van der Waals surface area contributed by atoms with Crippen molar-refractivity contribution in [2.45, 2.75) is 38.9 Å². The molecule has 6 heteroatoms. The summed E-state index contributed by atoms with van der Waals surface area (Å²) in [5.74, 6) is -1.03. The molecule has 0 saturated carbocycles. The van der Waals surface area contributed by atoms with Crippen LogP contribution in [0.1, 0.15) is 30.4 Å². The van der Waals surface area contributed by atoms with E-state index < -0.39 is 30.4 Å². The number of hydrogen-bond donors (Lipinski definition) is 0. The Morgan fingerprint density at radius 1 is 1.25 bits per heavy atom. The molecule has 2 rings (SSSR count). The van der Waals surface area contributed by atoms with Crippen molar-refractivity contribution in [1.82, 2.24) is 9.97 Å². The first kappa shape index (κ1) is 9.07. The van der Waals surface area contributed by atoms with Crippen LogP contribution in [0.25, 0.3) is 0 Å². The highest BCUT2D eigenvalue weighted by molar-refractivity contribution is 6.61. The van der Waals surface area contributed by atoms with Gasteiger partial charge < -0.3 is 9.31 Å². The van der Waals surface area contributed by atoms with Gasteiger partial charge in [-0.25, -0.2) is 4.98 Å². The Hall–Kier alpha value is -1.01. The lowest BCUT2D eigenvalue weighted by atomic mass is 9.85. The van der Waals surface area contributed by atoms with E-state index in [0.29, 0.717) is 0 Å². The highest BCUT2D eigenvalue weighted by atomic mass is 19.1. The average Bonchev–Trinajstić information content (AvgIpc) is 2.42. The second-order valence-corrected chi connectivity index (χ2v) is 4.71. The maximum Gasteiger partial charge on any atom is 0.516 e. The van der Waals surface area contributed by atoms with E-state index >= 15 is 0 Å². The molecule has 16 heavy (non-hydrogen) atoms. The molecule has 1 saturated heterocycles. The van der Waals surface area contributed by atoms with Crippen LogP contribution in [0.2, 0.25) is 0 Å². The summed E-state index contributed by atoms with van der Waals surface area (Å²) in [6, 6.07) is 0. The lowest BCUT2D eigenvalue weighted by Crippen LogP contribution is -2.41. The highest BCUT2D eigenvalue weighted by Gasteiger charge is 2.52. The molecule has 0 spiro atoms. The van der Waals surface area contributed by atoms with Crippen LogP contribution in [-0.2, 0) is 9.31 Å². The third kappa shape index (κ3) is 1.83. The second kappa shape index (κ2) is 3.50. The molecule has 1 aliphatic rings. The van der Waals surface area contributed by atoms with E-state index in [0.717, 1.165) is 0 Å². The number of aromatic nitrogens is 2. The third-order valence-electron chi connectivity index (χ3n) is 3.01. The van der Waals surface area contributed by atoms with Crippen molar-refractivity contribution in [2.75, 3.05) is 0 Å². The average molecular weight is 226 g/mol. The molecule has 0 amide bonds. The maximum absolute atomic E-state index is 13.2. The zero-order valence-corrected chi connectivity index (χ0v) is 9.67. The molecule has 0 atom stereocenters. The Morgan fingerprint density at radius 2 is 1.81 bits per heavy atom. The van der Waals surface area contributed by atoms with Gasteiger partial charge in [-0.15, -0.1) is 0 Å². The summed E-state index contributed by atoms with van der Waals surface area (Å²) in [5, 5.41) is 0. The normalized spacial score (nSPS) is 24.2. The predicted molar refractivity (Wildman–Crippen MR) is 57.7 cm³/mol. The quantitative estimate of drug-likeness (QED) is 0.667. The molecule has 1 fully saturated rings. The smallest absolute Gasteiger partial charge is 0.398 e. The highest BCUT2D eigenvalue weighted by Crippen LogP contribution is 2.36. The number of hydrogen-bond acceptors (Lipinski definition) is 4. The standard InChI is InChI=1S/C10H14BFN2O2/c1-9(2)10(3,4)16-11(15-9)7-5-13-6-8(12)14-7/h5-6H,1-4H3/i5D,6D. The van der Waals surface area contributed by atoms with Gasteiger partial charge in [-0.1, -0.05) is 0 Å². The van der Waals surface area contributed by atoms with Crippen LogP contribution in [0.5, 0.6) is 0 Å². The first-order chi connectivity index (χ1) is 8.14. The van der Waals surface area contributed by atoms with E-state index in [1.807, 2.05) is 27.7 Å². The topological polar surface area (TPSA) is 44.2 Å². The molecule has 0 radical (unpaired) electrons. The van der Waals surface area contributed by atoms with Crippen LogP contribution in [0.15, 0.2) is 12.3 Å². The van der Waals surface area contributed by atoms with Gasteiger partial charge in [0, 0.05) is 6.17 Å². The largest absolute Gasteiger partial charge is 0.516 e. The Balaban J connectivity index is 2.38. The first-order valence-corrected chi connectivity index (χ1v) is 5.00. The Labute approximate surface area is 97.1 Å². The minimum atomic E-state index is -1.03. The molecule has 1 aliphatic heterocycles. The first-order valence-electron chi connectivity index (χ1n) is 6.00. The number of rotatable bonds is 1. The third-order valence-corrected chi connectivity index (χ3v) is 3.01. The summed E-state index contributed by atoms with van der Waals surface area (Å²) < 4.78 is 39.3. The van der Waals surface area contributed by atoms with E-state index in [2.05, 4.69) is 9.97 Å². The predicted octanol–water partition coefficient (Wildman–Crippen LogP) is 0.915. The van der Waals surface area contributed by atoms with Gasteiger partial charge in [-0.2, -0.15) is 4.39 Å². The zero-order valence-electron chi connectivity index (χ0n) is 11.7. The minimum Gasteiger partial charge on any atom is -0.398 e. The molecule has 2 heterocycles. The van der Waals surface area contributed by atoms with Crippen LogP contribution < -0.4 is 5.59 Å². The monoisotopic (exact) mass is 226 g/mol. The molecule has 1 aromatic rings. The van der Waals surface area contributed by atoms with Crippen molar-refractivity contribution < 1.29 is 16.4 Å². The van der Waals surface area contributed by atoms with Crippen molar-refractivity contribution in [2.24, 2.45) is 0 Å². The van der Waals surface area contributed by atoms with Gasteiger partial charge in [-0.05, 0) is 27.7 Å². The molecule has 1 aromatic heterocycles. The minimum absolute atomic E-state index is 0.0397. The van der Waals surface area contributed by atoms with Crippen molar-refractivity contribution in [3.63, 3.8) is 0 Å². The molecule has 0 aliphatic carbocycles. The van der Waals surface area contributed by atoms with Gasteiger partial charge in [0.25, 0.3) is 0 Å². The Bertz CT molecular complexity index is 483. The fourth-order valence-electron chi connectivity index (χ4n) is 1.35. The molecule has 0 bridgehead atoms. The lowest BCUT2D eigenvalue weighted by Gasteiger charge is -2.32. The summed E-state index contributed by atoms with van der Waals surface area (Å²) in [7, 11) is -0.940. The summed E-state index contributed by atoms with van der Waals surface area (Å²) in [5.41, 5.74) is -1.23. The fourth-order valence-corrected chi connectivity index (χ4v) is 1.35. The number of halogens is 1. The molecule has 0 unspecified atom stereocenters. The lowest BCUT2D eigenvalue weighted by molar-refractivity contribution is 0.00578. The van der Waals surface area contributed by atoms with Gasteiger partial charge in [0.1, 0.15) is 0 Å². The van der Waals surface area contributed by atoms with Gasteiger partial charge in [0.05, 0.1) is 25.7 Å². The molecule has 4 nitrogen and oxygen atoms in total. The number of nitrogens with zero attached hydrogens (tertiary/aromatic N) is 2. The summed E-state index contributed by atoms with van der Waals surface area (Å²) in [4.78, 5) is 6.98.